The second-order valence-electron chi connectivity index (χ2n) is 8.24. The van der Waals surface area contributed by atoms with Crippen LogP contribution in [0.3, 0.4) is 0 Å². The van der Waals surface area contributed by atoms with E-state index in [1.54, 1.807) is 60.7 Å². The molecule has 204 valence electrons. The first-order valence-electron chi connectivity index (χ1n) is 11.6. The maximum Gasteiger partial charge on any atom is 0.275 e. The predicted octanol–water partition coefficient (Wildman–Crippen LogP) is 8.35. The fraction of sp³-hybridized carbons (Fsp3) is 0.0714. The number of nitrogens with one attached hydrogen (secondary N) is 1. The number of hydrazone groups is 1. The summed E-state index contributed by atoms with van der Waals surface area (Å²) < 4.78 is 13.3. The lowest BCUT2D eigenvalue weighted by Crippen LogP contribution is -2.18. The normalized spacial score (nSPS) is 10.9. The van der Waals surface area contributed by atoms with Gasteiger partial charge in [0.15, 0.2) is 0 Å². The van der Waals surface area contributed by atoms with Crippen LogP contribution in [0.2, 0.25) is 10.0 Å². The second kappa shape index (κ2) is 13.8. The predicted molar refractivity (Wildman–Crippen MR) is 162 cm³/mol. The molecule has 0 saturated heterocycles. The molecule has 0 aliphatic rings. The van der Waals surface area contributed by atoms with Gasteiger partial charge in [-0.3, -0.25) is 14.9 Å². The molecule has 0 radical (unpaired) electrons. The molecule has 0 unspecified atom stereocenters. The van der Waals surface area contributed by atoms with Crippen LogP contribution < -0.4 is 14.9 Å². The number of halogens is 4. The number of benzene rings is 4. The second-order valence-corrected chi connectivity index (χ2v) is 10.9. The van der Waals surface area contributed by atoms with Gasteiger partial charge in [-0.05, 0) is 70.0 Å². The fourth-order valence-corrected chi connectivity index (χ4v) is 5.33. The minimum atomic E-state index is -0.475. The van der Waals surface area contributed by atoms with Crippen LogP contribution in [-0.2, 0) is 13.2 Å². The molecule has 12 heteroatoms. The van der Waals surface area contributed by atoms with Crippen molar-refractivity contribution >= 4 is 72.9 Å². The maximum atomic E-state index is 12.9. The van der Waals surface area contributed by atoms with Crippen molar-refractivity contribution < 1.29 is 19.2 Å². The monoisotopic (exact) mass is 705 g/mol. The van der Waals surface area contributed by atoms with Crippen molar-refractivity contribution in [3.05, 3.63) is 130 Å². The fourth-order valence-electron chi connectivity index (χ4n) is 3.49. The van der Waals surface area contributed by atoms with E-state index in [4.69, 9.17) is 32.7 Å². The van der Waals surface area contributed by atoms with E-state index in [1.807, 2.05) is 6.07 Å². The van der Waals surface area contributed by atoms with E-state index in [0.717, 1.165) is 15.6 Å². The van der Waals surface area contributed by atoms with Crippen molar-refractivity contribution in [3.8, 4) is 11.5 Å². The number of ether oxygens (including phenoxy) is 2. The number of para-hydroxylation sites is 1. The number of nitro groups is 1. The molecule has 0 fully saturated rings. The van der Waals surface area contributed by atoms with Crippen LogP contribution in [-0.4, -0.2) is 17.0 Å². The first kappa shape index (κ1) is 29.5. The van der Waals surface area contributed by atoms with E-state index in [9.17, 15) is 14.9 Å². The molecule has 4 aromatic rings. The van der Waals surface area contributed by atoms with Crippen LogP contribution in [0.25, 0.3) is 0 Å². The van der Waals surface area contributed by atoms with E-state index in [1.165, 1.54) is 18.3 Å². The lowest BCUT2D eigenvalue weighted by molar-refractivity contribution is -0.384. The third-order valence-electron chi connectivity index (χ3n) is 5.47. The number of nitrogens with zero attached hydrogens (tertiary/aromatic N) is 2. The van der Waals surface area contributed by atoms with Gasteiger partial charge in [-0.25, -0.2) is 5.43 Å². The van der Waals surface area contributed by atoms with Crippen LogP contribution in [0, 0.1) is 10.1 Å². The molecule has 0 heterocycles. The van der Waals surface area contributed by atoms with Crippen molar-refractivity contribution in [2.75, 3.05) is 0 Å². The first-order valence-corrected chi connectivity index (χ1v) is 13.9. The molecule has 0 bridgehead atoms. The average Bonchev–Trinajstić information content (AvgIpc) is 2.92. The van der Waals surface area contributed by atoms with Gasteiger partial charge < -0.3 is 9.47 Å². The highest BCUT2D eigenvalue weighted by Gasteiger charge is 2.14. The van der Waals surface area contributed by atoms with Crippen molar-refractivity contribution in [3.63, 3.8) is 0 Å². The van der Waals surface area contributed by atoms with E-state index in [0.29, 0.717) is 31.6 Å². The average molecular weight is 708 g/mol. The van der Waals surface area contributed by atoms with Gasteiger partial charge in [0.05, 0.1) is 21.2 Å². The molecule has 40 heavy (non-hydrogen) atoms. The molecular formula is C28H19Br2Cl2N3O5. The highest BCUT2D eigenvalue weighted by Crippen LogP contribution is 2.33. The van der Waals surface area contributed by atoms with Gasteiger partial charge in [-0.2, -0.15) is 5.10 Å². The highest BCUT2D eigenvalue weighted by molar-refractivity contribution is 9.11. The maximum absolute atomic E-state index is 12.9. The van der Waals surface area contributed by atoms with Gasteiger partial charge in [0.2, 0.25) is 0 Å². The Morgan fingerprint density at radius 2 is 1.73 bits per heavy atom. The summed E-state index contributed by atoms with van der Waals surface area (Å²) in [5.41, 5.74) is 4.84. The molecule has 0 saturated carbocycles. The standard InChI is InChI=1S/C28H19Br2Cl2N3O5/c29-20-11-19(27(24(30)12-20)40-15-17-5-9-22(10-6-17)35(37)38)14-33-34-28(36)23-3-1-2-4-26(23)39-16-18-7-8-21(31)13-25(18)32/h1-14H,15-16H2,(H,34,36)/b33-14+. The van der Waals surface area contributed by atoms with Crippen LogP contribution in [0.5, 0.6) is 11.5 Å². The Morgan fingerprint density at radius 1 is 0.975 bits per heavy atom. The molecule has 1 N–H and O–H groups in total. The minimum absolute atomic E-state index is 0.00196. The van der Waals surface area contributed by atoms with E-state index >= 15 is 0 Å². The molecule has 4 rings (SSSR count). The number of non-ortho nitro benzene ring substituents is 1. The summed E-state index contributed by atoms with van der Waals surface area (Å²) in [7, 11) is 0. The summed E-state index contributed by atoms with van der Waals surface area (Å²) in [5.74, 6) is 0.359. The number of rotatable bonds is 10. The Balaban J connectivity index is 1.45. The molecule has 0 aliphatic heterocycles. The Hall–Kier alpha value is -3.44. The molecule has 0 aromatic heterocycles. The number of carbonyl (C=O) groups is 1. The smallest absolute Gasteiger partial charge is 0.275 e. The van der Waals surface area contributed by atoms with Gasteiger partial charge in [-0.1, -0.05) is 57.3 Å². The minimum Gasteiger partial charge on any atom is -0.488 e. The lowest BCUT2D eigenvalue weighted by atomic mass is 10.2. The molecule has 0 atom stereocenters. The van der Waals surface area contributed by atoms with E-state index < -0.39 is 10.8 Å². The van der Waals surface area contributed by atoms with Crippen molar-refractivity contribution in [1.82, 2.24) is 5.43 Å². The van der Waals surface area contributed by atoms with Gasteiger partial charge in [0.1, 0.15) is 24.7 Å². The van der Waals surface area contributed by atoms with Gasteiger partial charge in [-0.15, -0.1) is 0 Å². The Labute approximate surface area is 256 Å². The molecule has 4 aromatic carbocycles. The molecule has 8 nitrogen and oxygen atoms in total. The number of nitro benzene ring substituents is 1. The summed E-state index contributed by atoms with van der Waals surface area (Å²) in [6.45, 7) is 0.304. The van der Waals surface area contributed by atoms with Crippen LogP contribution in [0.15, 0.2) is 92.9 Å². The zero-order valence-electron chi connectivity index (χ0n) is 20.4. The quantitative estimate of drug-likeness (QED) is 0.101. The zero-order valence-corrected chi connectivity index (χ0v) is 25.1. The number of hydrogen-bond acceptors (Lipinski definition) is 6. The topological polar surface area (TPSA) is 103 Å². The third kappa shape index (κ3) is 7.82. The largest absolute Gasteiger partial charge is 0.488 e. The van der Waals surface area contributed by atoms with Crippen LogP contribution >= 0.6 is 55.1 Å². The summed E-state index contributed by atoms with van der Waals surface area (Å²) in [4.78, 5) is 23.4. The lowest BCUT2D eigenvalue weighted by Gasteiger charge is -2.13. The number of hydrogen-bond donors (Lipinski definition) is 1. The summed E-state index contributed by atoms with van der Waals surface area (Å²) in [6, 6.07) is 21.5. The molecule has 0 aliphatic carbocycles. The Bertz CT molecular complexity index is 1580. The highest BCUT2D eigenvalue weighted by atomic mass is 79.9. The summed E-state index contributed by atoms with van der Waals surface area (Å²) in [6.07, 6.45) is 1.45. The molecule has 1 amide bonds. The number of carbonyl (C=O) groups excluding carboxylic acids is 1. The third-order valence-corrected chi connectivity index (χ3v) is 7.10. The van der Waals surface area contributed by atoms with Gasteiger partial charge >= 0.3 is 0 Å². The molecular weight excluding hydrogens is 689 g/mol. The summed E-state index contributed by atoms with van der Waals surface area (Å²) in [5, 5.41) is 16.0. The van der Waals surface area contributed by atoms with Gasteiger partial charge in [0, 0.05) is 37.8 Å². The Morgan fingerprint density at radius 3 is 2.45 bits per heavy atom. The van der Waals surface area contributed by atoms with Crippen molar-refractivity contribution in [2.24, 2.45) is 5.10 Å². The zero-order chi connectivity index (χ0) is 28.6. The van der Waals surface area contributed by atoms with E-state index in [-0.39, 0.29) is 24.5 Å². The van der Waals surface area contributed by atoms with Crippen LogP contribution in [0.1, 0.15) is 27.0 Å². The summed E-state index contributed by atoms with van der Waals surface area (Å²) >= 11 is 19.1. The number of amides is 1. The van der Waals surface area contributed by atoms with Gasteiger partial charge in [0.25, 0.3) is 11.6 Å². The van der Waals surface area contributed by atoms with Crippen molar-refractivity contribution in [2.45, 2.75) is 13.2 Å². The van der Waals surface area contributed by atoms with Crippen LogP contribution in [0.4, 0.5) is 5.69 Å². The van der Waals surface area contributed by atoms with E-state index in [2.05, 4.69) is 42.4 Å². The first-order chi connectivity index (χ1) is 19.2. The SMILES string of the molecule is O=C(N/N=C/c1cc(Br)cc(Br)c1OCc1ccc([N+](=O)[O-])cc1)c1ccccc1OCc1ccc(Cl)cc1Cl. The molecule has 0 spiro atoms. The Kier molecular flexibility index (Phi) is 10.2. The van der Waals surface area contributed by atoms with Crippen molar-refractivity contribution in [1.29, 1.82) is 0 Å².